The average Bonchev–Trinajstić information content (AvgIpc) is 3.11. The van der Waals surface area contributed by atoms with Crippen LogP contribution in [0.2, 0.25) is 5.02 Å². The van der Waals surface area contributed by atoms with Crippen molar-refractivity contribution < 1.29 is 9.53 Å². The molecule has 0 bridgehead atoms. The molecule has 4 nitrogen and oxygen atoms in total. The lowest BCUT2D eigenvalue weighted by atomic mass is 10.1. The maximum Gasteiger partial charge on any atom is 0.255 e. The Labute approximate surface area is 153 Å². The molecule has 1 aliphatic heterocycles. The Balaban J connectivity index is 1.68. The van der Waals surface area contributed by atoms with Gasteiger partial charge in [0.2, 0.25) is 0 Å². The first-order valence-electron chi connectivity index (χ1n) is 8.71. The fourth-order valence-electron chi connectivity index (χ4n) is 3.05. The number of carbonyl (C=O) groups excluding carboxylic acids is 1. The molecular formula is C20H23ClN2O2. The molecule has 0 unspecified atom stereocenters. The van der Waals surface area contributed by atoms with E-state index in [9.17, 15) is 4.79 Å². The molecule has 0 aromatic heterocycles. The first-order valence-corrected chi connectivity index (χ1v) is 9.09. The lowest BCUT2D eigenvalue weighted by Gasteiger charge is -2.15. The Kier molecular flexibility index (Phi) is 5.95. The van der Waals surface area contributed by atoms with Crippen LogP contribution in [-0.2, 0) is 6.54 Å². The highest BCUT2D eigenvalue weighted by Gasteiger charge is 2.14. The summed E-state index contributed by atoms with van der Waals surface area (Å²) in [6.07, 6.45) is 2.56. The highest BCUT2D eigenvalue weighted by atomic mass is 35.5. The Morgan fingerprint density at radius 1 is 1.16 bits per heavy atom. The standard InChI is InChI=1S/C20H23ClN2O2/c1-2-25-19-17(21)6-5-7-18(19)22-20(24)16-10-8-15(9-11-16)14-23-12-3-4-13-23/h5-11H,2-4,12-14H2,1H3,(H,22,24). The maximum atomic E-state index is 12.5. The minimum atomic E-state index is -0.170. The van der Waals surface area contributed by atoms with Gasteiger partial charge in [0, 0.05) is 12.1 Å². The summed E-state index contributed by atoms with van der Waals surface area (Å²) in [7, 11) is 0. The van der Waals surface area contributed by atoms with E-state index in [1.807, 2.05) is 31.2 Å². The van der Waals surface area contributed by atoms with Gasteiger partial charge in [0.05, 0.1) is 17.3 Å². The Bertz CT molecular complexity index is 725. The number of rotatable bonds is 6. The summed E-state index contributed by atoms with van der Waals surface area (Å²) in [4.78, 5) is 15.0. The van der Waals surface area contributed by atoms with Gasteiger partial charge in [-0.2, -0.15) is 0 Å². The van der Waals surface area contributed by atoms with Crippen molar-refractivity contribution in [1.29, 1.82) is 0 Å². The van der Waals surface area contributed by atoms with E-state index in [0.717, 1.165) is 19.6 Å². The number of ether oxygens (including phenoxy) is 1. The van der Waals surface area contributed by atoms with Crippen molar-refractivity contribution in [3.05, 3.63) is 58.6 Å². The van der Waals surface area contributed by atoms with E-state index in [1.165, 1.54) is 18.4 Å². The van der Waals surface area contributed by atoms with Gasteiger partial charge in [-0.1, -0.05) is 29.8 Å². The number of para-hydroxylation sites is 1. The SMILES string of the molecule is CCOc1c(Cl)cccc1NC(=O)c1ccc(CN2CCCC2)cc1. The largest absolute Gasteiger partial charge is 0.490 e. The Hall–Kier alpha value is -2.04. The molecule has 2 aromatic carbocycles. The van der Waals surface area contributed by atoms with Crippen molar-refractivity contribution >= 4 is 23.2 Å². The summed E-state index contributed by atoms with van der Waals surface area (Å²) in [5, 5.41) is 3.37. The zero-order chi connectivity index (χ0) is 17.6. The first kappa shape index (κ1) is 17.8. The summed E-state index contributed by atoms with van der Waals surface area (Å²) in [6.45, 7) is 5.64. The van der Waals surface area contributed by atoms with Gasteiger partial charge in [-0.15, -0.1) is 0 Å². The number of halogens is 1. The van der Waals surface area contributed by atoms with Crippen LogP contribution in [0.25, 0.3) is 0 Å². The molecule has 1 heterocycles. The van der Waals surface area contributed by atoms with Crippen LogP contribution in [-0.4, -0.2) is 30.5 Å². The van der Waals surface area contributed by atoms with Gasteiger partial charge < -0.3 is 10.1 Å². The number of carbonyl (C=O) groups is 1. The van der Waals surface area contributed by atoms with E-state index in [1.54, 1.807) is 18.2 Å². The number of benzene rings is 2. The first-order chi connectivity index (χ1) is 12.2. The number of nitrogens with zero attached hydrogens (tertiary/aromatic N) is 1. The third kappa shape index (κ3) is 4.53. The zero-order valence-corrected chi connectivity index (χ0v) is 15.2. The molecule has 5 heteroatoms. The highest BCUT2D eigenvalue weighted by molar-refractivity contribution is 6.32. The zero-order valence-electron chi connectivity index (χ0n) is 14.4. The number of nitrogens with one attached hydrogen (secondary N) is 1. The van der Waals surface area contributed by atoms with Crippen molar-refractivity contribution in [2.24, 2.45) is 0 Å². The minimum Gasteiger partial charge on any atom is -0.490 e. The van der Waals surface area contributed by atoms with E-state index in [-0.39, 0.29) is 5.91 Å². The predicted octanol–water partition coefficient (Wildman–Crippen LogP) is 4.59. The normalized spacial score (nSPS) is 14.5. The molecule has 3 rings (SSSR count). The van der Waals surface area contributed by atoms with Gasteiger partial charge in [0.15, 0.2) is 5.75 Å². The summed E-state index contributed by atoms with van der Waals surface area (Å²) in [6, 6.07) is 13.1. The molecule has 1 aliphatic rings. The van der Waals surface area contributed by atoms with Gasteiger partial charge in [-0.3, -0.25) is 9.69 Å². The van der Waals surface area contributed by atoms with E-state index in [0.29, 0.717) is 28.6 Å². The maximum absolute atomic E-state index is 12.5. The molecule has 2 aromatic rings. The average molecular weight is 359 g/mol. The van der Waals surface area contributed by atoms with Gasteiger partial charge in [0.1, 0.15) is 0 Å². The van der Waals surface area contributed by atoms with Crippen molar-refractivity contribution in [3.63, 3.8) is 0 Å². The number of hydrogen-bond donors (Lipinski definition) is 1. The number of anilines is 1. The molecular weight excluding hydrogens is 336 g/mol. The molecule has 132 valence electrons. The quantitative estimate of drug-likeness (QED) is 0.821. The topological polar surface area (TPSA) is 41.6 Å². The van der Waals surface area contributed by atoms with Crippen molar-refractivity contribution in [2.45, 2.75) is 26.3 Å². The second-order valence-electron chi connectivity index (χ2n) is 6.18. The molecule has 0 aliphatic carbocycles. The van der Waals surface area contributed by atoms with Crippen LogP contribution in [0, 0.1) is 0 Å². The van der Waals surface area contributed by atoms with Gasteiger partial charge >= 0.3 is 0 Å². The molecule has 1 N–H and O–H groups in total. The van der Waals surface area contributed by atoms with E-state index in [2.05, 4.69) is 10.2 Å². The number of hydrogen-bond acceptors (Lipinski definition) is 3. The molecule has 0 radical (unpaired) electrons. The molecule has 0 spiro atoms. The third-order valence-corrected chi connectivity index (χ3v) is 4.62. The van der Waals surface area contributed by atoms with Crippen molar-refractivity contribution in [2.75, 3.05) is 25.0 Å². The monoisotopic (exact) mass is 358 g/mol. The number of likely N-dealkylation sites (tertiary alicyclic amines) is 1. The van der Waals surface area contributed by atoms with Crippen LogP contribution in [0.1, 0.15) is 35.7 Å². The molecule has 0 saturated carbocycles. The second kappa shape index (κ2) is 8.37. The Morgan fingerprint density at radius 3 is 2.56 bits per heavy atom. The minimum absolute atomic E-state index is 0.170. The van der Waals surface area contributed by atoms with Gasteiger partial charge in [-0.05, 0) is 62.7 Å². The molecule has 25 heavy (non-hydrogen) atoms. The lowest BCUT2D eigenvalue weighted by Crippen LogP contribution is -2.18. The summed E-state index contributed by atoms with van der Waals surface area (Å²) < 4.78 is 5.55. The fraction of sp³-hybridized carbons (Fsp3) is 0.350. The van der Waals surface area contributed by atoms with E-state index >= 15 is 0 Å². The summed E-state index contributed by atoms with van der Waals surface area (Å²) in [5.41, 5.74) is 2.43. The van der Waals surface area contributed by atoms with E-state index < -0.39 is 0 Å². The van der Waals surface area contributed by atoms with Crippen LogP contribution in [0.4, 0.5) is 5.69 Å². The van der Waals surface area contributed by atoms with Crippen LogP contribution in [0.5, 0.6) is 5.75 Å². The lowest BCUT2D eigenvalue weighted by molar-refractivity contribution is 0.102. The Morgan fingerprint density at radius 2 is 1.88 bits per heavy atom. The van der Waals surface area contributed by atoms with Crippen molar-refractivity contribution in [3.8, 4) is 5.75 Å². The van der Waals surface area contributed by atoms with Crippen LogP contribution in [0.15, 0.2) is 42.5 Å². The number of amides is 1. The van der Waals surface area contributed by atoms with Gasteiger partial charge in [0.25, 0.3) is 5.91 Å². The molecule has 0 atom stereocenters. The molecule has 1 saturated heterocycles. The summed E-state index contributed by atoms with van der Waals surface area (Å²) in [5.74, 6) is 0.335. The third-order valence-electron chi connectivity index (χ3n) is 4.32. The van der Waals surface area contributed by atoms with Gasteiger partial charge in [-0.25, -0.2) is 0 Å². The van der Waals surface area contributed by atoms with Crippen LogP contribution in [0.3, 0.4) is 0 Å². The summed E-state index contributed by atoms with van der Waals surface area (Å²) >= 11 is 6.16. The van der Waals surface area contributed by atoms with Crippen LogP contribution < -0.4 is 10.1 Å². The highest BCUT2D eigenvalue weighted by Crippen LogP contribution is 2.33. The smallest absolute Gasteiger partial charge is 0.255 e. The van der Waals surface area contributed by atoms with E-state index in [4.69, 9.17) is 16.3 Å². The predicted molar refractivity (Wildman–Crippen MR) is 102 cm³/mol. The molecule has 1 fully saturated rings. The van der Waals surface area contributed by atoms with Crippen molar-refractivity contribution in [1.82, 2.24) is 4.90 Å². The second-order valence-corrected chi connectivity index (χ2v) is 6.59. The van der Waals surface area contributed by atoms with Crippen LogP contribution >= 0.6 is 11.6 Å². The molecule has 1 amide bonds. The fourth-order valence-corrected chi connectivity index (χ4v) is 3.28.